The number of carbonyl (C=O) groups excluding carboxylic acids is 1. The quantitative estimate of drug-likeness (QED) is 0.815. The predicted octanol–water partition coefficient (Wildman–Crippen LogP) is 2.52. The van der Waals surface area contributed by atoms with Crippen LogP contribution in [-0.4, -0.2) is 54.0 Å². The van der Waals surface area contributed by atoms with Gasteiger partial charge in [0.15, 0.2) is 0 Å². The van der Waals surface area contributed by atoms with Crippen LogP contribution in [0.25, 0.3) is 0 Å². The molecule has 1 atom stereocenters. The molecular formula is C13H15F3N2O3S. The maximum atomic E-state index is 12.3. The highest BCUT2D eigenvalue weighted by Gasteiger charge is 2.29. The number of carbonyl (C=O) groups is 1. The molecule has 2 N–H and O–H groups in total. The van der Waals surface area contributed by atoms with Crippen LogP contribution in [0.2, 0.25) is 0 Å². The predicted molar refractivity (Wildman–Crippen MR) is 75.8 cm³/mol. The van der Waals surface area contributed by atoms with Gasteiger partial charge in [-0.15, -0.1) is 0 Å². The van der Waals surface area contributed by atoms with Gasteiger partial charge in [0.1, 0.15) is 0 Å². The summed E-state index contributed by atoms with van der Waals surface area (Å²) in [5.74, 6) is 0. The maximum absolute atomic E-state index is 12.3. The average molecular weight is 336 g/mol. The summed E-state index contributed by atoms with van der Waals surface area (Å²) in [7, 11) is 0. The normalized spacial score (nSPS) is 19.6. The number of β-amino-alcohol motifs (C(OH)–C–C–N with tert-alkyl or cyclic N) is 1. The Bertz CT molecular complexity index is 527. The Balaban J connectivity index is 2.00. The van der Waals surface area contributed by atoms with Gasteiger partial charge in [0.05, 0.1) is 25.9 Å². The van der Waals surface area contributed by atoms with E-state index in [1.807, 2.05) is 0 Å². The third-order valence-corrected chi connectivity index (χ3v) is 3.57. The van der Waals surface area contributed by atoms with Crippen LogP contribution in [0, 0.1) is 0 Å². The maximum Gasteiger partial charge on any atom is 0.446 e. The molecule has 1 unspecified atom stereocenters. The van der Waals surface area contributed by atoms with Gasteiger partial charge in [-0.25, -0.2) is 4.79 Å². The van der Waals surface area contributed by atoms with E-state index in [-0.39, 0.29) is 35.5 Å². The van der Waals surface area contributed by atoms with Gasteiger partial charge in [-0.2, -0.15) is 13.2 Å². The van der Waals surface area contributed by atoms with Crippen LogP contribution in [-0.2, 0) is 4.74 Å². The van der Waals surface area contributed by atoms with Crippen molar-refractivity contribution in [1.82, 2.24) is 4.90 Å². The van der Waals surface area contributed by atoms with E-state index in [1.165, 1.54) is 29.2 Å². The van der Waals surface area contributed by atoms with Gasteiger partial charge >= 0.3 is 11.5 Å². The molecule has 1 aromatic carbocycles. The molecule has 1 heterocycles. The fraction of sp³-hybridized carbons (Fsp3) is 0.462. The van der Waals surface area contributed by atoms with Crippen LogP contribution < -0.4 is 5.32 Å². The Kier molecular flexibility index (Phi) is 5.54. The zero-order chi connectivity index (χ0) is 16.2. The Morgan fingerprint density at radius 2 is 2.23 bits per heavy atom. The van der Waals surface area contributed by atoms with Crippen LogP contribution in [0.5, 0.6) is 0 Å². The Labute approximate surface area is 129 Å². The van der Waals surface area contributed by atoms with Gasteiger partial charge in [0.2, 0.25) is 0 Å². The van der Waals surface area contributed by atoms with Crippen molar-refractivity contribution in [3.8, 4) is 0 Å². The summed E-state index contributed by atoms with van der Waals surface area (Å²) in [5.41, 5.74) is -4.12. The van der Waals surface area contributed by atoms with Gasteiger partial charge in [-0.3, -0.25) is 0 Å². The lowest BCUT2D eigenvalue weighted by Crippen LogP contribution is -2.40. The monoisotopic (exact) mass is 336 g/mol. The van der Waals surface area contributed by atoms with Crippen molar-refractivity contribution in [2.45, 2.75) is 16.5 Å². The number of halogens is 3. The first-order chi connectivity index (χ1) is 10.3. The molecule has 0 bridgehead atoms. The lowest BCUT2D eigenvalue weighted by Gasteiger charge is -2.22. The second-order valence-corrected chi connectivity index (χ2v) is 5.82. The van der Waals surface area contributed by atoms with Crippen molar-refractivity contribution >= 4 is 23.5 Å². The van der Waals surface area contributed by atoms with Gasteiger partial charge in [0.25, 0.3) is 0 Å². The molecule has 0 spiro atoms. The number of aliphatic hydroxyl groups is 1. The van der Waals surface area contributed by atoms with Crippen molar-refractivity contribution < 1.29 is 27.8 Å². The second-order valence-electron chi connectivity index (χ2n) is 4.68. The second kappa shape index (κ2) is 7.21. The number of hydrogen-bond donors (Lipinski definition) is 2. The summed E-state index contributed by atoms with van der Waals surface area (Å²) < 4.78 is 42.1. The average Bonchev–Trinajstić information content (AvgIpc) is 2.62. The molecule has 0 aliphatic carbocycles. The van der Waals surface area contributed by atoms with Crippen molar-refractivity contribution in [2.24, 2.45) is 0 Å². The van der Waals surface area contributed by atoms with E-state index in [9.17, 15) is 23.1 Å². The summed E-state index contributed by atoms with van der Waals surface area (Å²) in [6.45, 7) is 0.874. The third kappa shape index (κ3) is 5.39. The Hall–Kier alpha value is -1.45. The molecule has 122 valence electrons. The number of nitrogens with one attached hydrogen (secondary N) is 1. The number of urea groups is 1. The molecule has 0 aromatic heterocycles. The summed E-state index contributed by atoms with van der Waals surface area (Å²) in [4.78, 5) is 13.4. The van der Waals surface area contributed by atoms with E-state index in [2.05, 4.69) is 5.32 Å². The number of amides is 2. The number of nitrogens with zero attached hydrogens (tertiary/aromatic N) is 1. The Morgan fingerprint density at radius 1 is 1.45 bits per heavy atom. The SMILES string of the molecule is O=C(Nc1cccc(SC(F)(F)F)c1)N1CCOCC(O)C1. The minimum Gasteiger partial charge on any atom is -0.389 e. The molecule has 2 rings (SSSR count). The van der Waals surface area contributed by atoms with Crippen LogP contribution in [0.4, 0.5) is 23.7 Å². The molecule has 9 heteroatoms. The fourth-order valence-corrected chi connectivity index (χ4v) is 2.55. The van der Waals surface area contributed by atoms with Crippen LogP contribution >= 0.6 is 11.8 Å². The molecule has 5 nitrogen and oxygen atoms in total. The van der Waals surface area contributed by atoms with Crippen LogP contribution in [0.3, 0.4) is 0 Å². The number of anilines is 1. The number of benzene rings is 1. The summed E-state index contributed by atoms with van der Waals surface area (Å²) in [5, 5.41) is 12.1. The first-order valence-corrected chi connectivity index (χ1v) is 7.33. The lowest BCUT2D eigenvalue weighted by molar-refractivity contribution is -0.0328. The van der Waals surface area contributed by atoms with Crippen molar-refractivity contribution in [2.75, 3.05) is 31.6 Å². The summed E-state index contributed by atoms with van der Waals surface area (Å²) in [6, 6.07) is 5.02. The van der Waals surface area contributed by atoms with E-state index in [0.29, 0.717) is 13.2 Å². The largest absolute Gasteiger partial charge is 0.446 e. The standard InChI is InChI=1S/C13H15F3N2O3S/c14-13(15,16)22-11-3-1-2-9(6-11)17-12(20)18-4-5-21-8-10(19)7-18/h1-3,6,10,19H,4-5,7-8H2,(H,17,20). The summed E-state index contributed by atoms with van der Waals surface area (Å²) in [6.07, 6.45) is -0.777. The number of aliphatic hydroxyl groups excluding tert-OH is 1. The molecule has 1 saturated heterocycles. The highest BCUT2D eigenvalue weighted by atomic mass is 32.2. The molecule has 0 saturated carbocycles. The number of hydrogen-bond acceptors (Lipinski definition) is 4. The van der Waals surface area contributed by atoms with E-state index in [1.54, 1.807) is 0 Å². The number of alkyl halides is 3. The van der Waals surface area contributed by atoms with Crippen molar-refractivity contribution in [3.63, 3.8) is 0 Å². The topological polar surface area (TPSA) is 61.8 Å². The van der Waals surface area contributed by atoms with Gasteiger partial charge in [-0.05, 0) is 30.0 Å². The third-order valence-electron chi connectivity index (χ3n) is 2.85. The smallest absolute Gasteiger partial charge is 0.389 e. The van der Waals surface area contributed by atoms with E-state index in [4.69, 9.17) is 4.74 Å². The number of thioether (sulfide) groups is 1. The molecule has 1 aromatic rings. The van der Waals surface area contributed by atoms with E-state index < -0.39 is 17.6 Å². The molecule has 2 amide bonds. The van der Waals surface area contributed by atoms with Crippen LogP contribution in [0.15, 0.2) is 29.2 Å². The molecule has 1 fully saturated rings. The molecular weight excluding hydrogens is 321 g/mol. The Morgan fingerprint density at radius 3 is 2.95 bits per heavy atom. The van der Waals surface area contributed by atoms with Crippen LogP contribution in [0.1, 0.15) is 0 Å². The zero-order valence-electron chi connectivity index (χ0n) is 11.5. The minimum absolute atomic E-state index is 0.00969. The molecule has 22 heavy (non-hydrogen) atoms. The summed E-state index contributed by atoms with van der Waals surface area (Å²) >= 11 is -0.244. The molecule has 1 aliphatic heterocycles. The van der Waals surface area contributed by atoms with Gasteiger partial charge in [-0.1, -0.05) is 6.07 Å². The van der Waals surface area contributed by atoms with Crippen molar-refractivity contribution in [1.29, 1.82) is 0 Å². The lowest BCUT2D eigenvalue weighted by atomic mass is 10.3. The van der Waals surface area contributed by atoms with Crippen molar-refractivity contribution in [3.05, 3.63) is 24.3 Å². The minimum atomic E-state index is -4.38. The molecule has 0 radical (unpaired) electrons. The first-order valence-electron chi connectivity index (χ1n) is 6.51. The number of ether oxygens (including phenoxy) is 1. The first kappa shape index (κ1) is 16.9. The number of rotatable bonds is 2. The highest BCUT2D eigenvalue weighted by molar-refractivity contribution is 8.00. The highest BCUT2D eigenvalue weighted by Crippen LogP contribution is 2.37. The fourth-order valence-electron chi connectivity index (χ4n) is 1.95. The molecule has 1 aliphatic rings. The van der Waals surface area contributed by atoms with E-state index in [0.717, 1.165) is 0 Å². The van der Waals surface area contributed by atoms with Gasteiger partial charge < -0.3 is 20.1 Å². The van der Waals surface area contributed by atoms with E-state index >= 15 is 0 Å². The zero-order valence-corrected chi connectivity index (χ0v) is 12.3. The van der Waals surface area contributed by atoms with Gasteiger partial charge in [0, 0.05) is 17.1 Å².